The Labute approximate surface area is 152 Å². The van der Waals surface area contributed by atoms with E-state index in [1.54, 1.807) is 57.3 Å². The van der Waals surface area contributed by atoms with Gasteiger partial charge >= 0.3 is 6.03 Å². The van der Waals surface area contributed by atoms with Crippen molar-refractivity contribution in [2.75, 3.05) is 11.9 Å². The molecule has 0 aromatic heterocycles. The number of benzene rings is 2. The zero-order chi connectivity index (χ0) is 18.9. The summed E-state index contributed by atoms with van der Waals surface area (Å²) < 4.78 is 0. The Morgan fingerprint density at radius 3 is 2.15 bits per heavy atom. The van der Waals surface area contributed by atoms with E-state index in [1.165, 1.54) is 4.90 Å². The Bertz CT molecular complexity index is 838. The first-order chi connectivity index (χ1) is 12.4. The number of amides is 4. The fourth-order valence-corrected chi connectivity index (χ4v) is 3.15. The standard InChI is InChI=1S/C20H21N3O3/c1-14(17(24)22(3)16-12-8-5-9-13-16)23-18(25)20(2,21-19(23)26)15-10-6-4-7-11-15/h4-14H,1-3H3,(H,21,26)/t14-,20-/m1/s1. The number of rotatable bonds is 4. The van der Waals surface area contributed by atoms with E-state index < -0.39 is 23.5 Å². The lowest BCUT2D eigenvalue weighted by Gasteiger charge is -2.27. The number of para-hydroxylation sites is 1. The Hall–Kier alpha value is -3.15. The average molecular weight is 351 g/mol. The van der Waals surface area contributed by atoms with E-state index in [2.05, 4.69) is 5.32 Å². The molecule has 2 aromatic rings. The van der Waals surface area contributed by atoms with Gasteiger partial charge in [0.05, 0.1) is 0 Å². The Morgan fingerprint density at radius 2 is 1.58 bits per heavy atom. The minimum absolute atomic E-state index is 0.336. The second kappa shape index (κ2) is 6.63. The lowest BCUT2D eigenvalue weighted by atomic mass is 9.92. The number of likely N-dealkylation sites (N-methyl/N-ethyl adjacent to an activating group) is 1. The molecule has 1 saturated heterocycles. The lowest BCUT2D eigenvalue weighted by molar-refractivity contribution is -0.136. The highest BCUT2D eigenvalue weighted by molar-refractivity contribution is 6.11. The van der Waals surface area contributed by atoms with Crippen molar-refractivity contribution >= 4 is 23.5 Å². The maximum atomic E-state index is 13.0. The highest BCUT2D eigenvalue weighted by atomic mass is 16.2. The van der Waals surface area contributed by atoms with E-state index in [0.29, 0.717) is 11.3 Å². The van der Waals surface area contributed by atoms with Crippen LogP contribution in [0, 0.1) is 0 Å². The van der Waals surface area contributed by atoms with Gasteiger partial charge in [-0.1, -0.05) is 48.5 Å². The van der Waals surface area contributed by atoms with Crippen LogP contribution in [0.5, 0.6) is 0 Å². The zero-order valence-electron chi connectivity index (χ0n) is 15.0. The van der Waals surface area contributed by atoms with Crippen LogP contribution < -0.4 is 10.2 Å². The van der Waals surface area contributed by atoms with Crippen LogP contribution in [-0.2, 0) is 15.1 Å². The van der Waals surface area contributed by atoms with Crippen molar-refractivity contribution in [3.05, 3.63) is 66.2 Å². The van der Waals surface area contributed by atoms with Crippen molar-refractivity contribution in [3.63, 3.8) is 0 Å². The summed E-state index contributed by atoms with van der Waals surface area (Å²) >= 11 is 0. The SMILES string of the molecule is C[C@H](C(=O)N(C)c1ccccc1)N1C(=O)N[C@](C)(c2ccccc2)C1=O. The second-order valence-corrected chi connectivity index (χ2v) is 6.51. The Kier molecular flexibility index (Phi) is 4.50. The van der Waals surface area contributed by atoms with Gasteiger partial charge in [0, 0.05) is 12.7 Å². The summed E-state index contributed by atoms with van der Waals surface area (Å²) in [7, 11) is 1.63. The third-order valence-corrected chi connectivity index (χ3v) is 4.79. The molecule has 0 saturated carbocycles. The highest BCUT2D eigenvalue weighted by Gasteiger charge is 2.52. The van der Waals surface area contributed by atoms with Crippen LogP contribution in [0.1, 0.15) is 19.4 Å². The van der Waals surface area contributed by atoms with Crippen molar-refractivity contribution in [1.82, 2.24) is 10.2 Å². The van der Waals surface area contributed by atoms with Crippen molar-refractivity contribution < 1.29 is 14.4 Å². The van der Waals surface area contributed by atoms with E-state index >= 15 is 0 Å². The van der Waals surface area contributed by atoms with Crippen LogP contribution in [0.3, 0.4) is 0 Å². The van der Waals surface area contributed by atoms with Crippen molar-refractivity contribution in [2.45, 2.75) is 25.4 Å². The first kappa shape index (κ1) is 17.7. The van der Waals surface area contributed by atoms with E-state index in [0.717, 1.165) is 4.90 Å². The molecule has 0 radical (unpaired) electrons. The highest BCUT2D eigenvalue weighted by Crippen LogP contribution is 2.30. The number of carbonyl (C=O) groups excluding carboxylic acids is 3. The van der Waals surface area contributed by atoms with Gasteiger partial charge in [0.25, 0.3) is 5.91 Å². The quantitative estimate of drug-likeness (QED) is 0.861. The largest absolute Gasteiger partial charge is 0.326 e. The van der Waals surface area contributed by atoms with Crippen LogP contribution in [0.25, 0.3) is 0 Å². The van der Waals surface area contributed by atoms with Crippen LogP contribution in [0.15, 0.2) is 60.7 Å². The van der Waals surface area contributed by atoms with Gasteiger partial charge < -0.3 is 10.2 Å². The van der Waals surface area contributed by atoms with E-state index in [9.17, 15) is 14.4 Å². The molecule has 134 valence electrons. The van der Waals surface area contributed by atoms with Crippen molar-refractivity contribution in [2.24, 2.45) is 0 Å². The normalized spacial score (nSPS) is 20.7. The molecule has 0 unspecified atom stereocenters. The van der Waals surface area contributed by atoms with Gasteiger partial charge in [-0.15, -0.1) is 0 Å². The first-order valence-corrected chi connectivity index (χ1v) is 8.40. The van der Waals surface area contributed by atoms with E-state index in [1.807, 2.05) is 24.3 Å². The summed E-state index contributed by atoms with van der Waals surface area (Å²) in [5.41, 5.74) is 0.192. The number of anilines is 1. The Morgan fingerprint density at radius 1 is 1.04 bits per heavy atom. The van der Waals surface area contributed by atoms with Gasteiger partial charge in [0.1, 0.15) is 11.6 Å². The molecule has 0 aliphatic carbocycles. The number of carbonyl (C=O) groups is 3. The fraction of sp³-hybridized carbons (Fsp3) is 0.250. The minimum Gasteiger partial charge on any atom is -0.319 e. The summed E-state index contributed by atoms with van der Waals surface area (Å²) in [6.07, 6.45) is 0. The van der Waals surface area contributed by atoms with Gasteiger partial charge in [-0.3, -0.25) is 9.59 Å². The molecule has 6 heteroatoms. The third-order valence-electron chi connectivity index (χ3n) is 4.79. The van der Waals surface area contributed by atoms with Gasteiger partial charge in [-0.25, -0.2) is 9.69 Å². The smallest absolute Gasteiger partial charge is 0.319 e. The lowest BCUT2D eigenvalue weighted by Crippen LogP contribution is -2.49. The molecule has 2 atom stereocenters. The van der Waals surface area contributed by atoms with Crippen LogP contribution in [-0.4, -0.2) is 35.8 Å². The van der Waals surface area contributed by atoms with Crippen LogP contribution >= 0.6 is 0 Å². The molecule has 6 nitrogen and oxygen atoms in total. The Balaban J connectivity index is 1.86. The molecule has 1 heterocycles. The van der Waals surface area contributed by atoms with Crippen LogP contribution in [0.4, 0.5) is 10.5 Å². The van der Waals surface area contributed by atoms with Gasteiger partial charge in [-0.2, -0.15) is 0 Å². The molecule has 0 bridgehead atoms. The summed E-state index contributed by atoms with van der Waals surface area (Å²) in [5, 5.41) is 2.73. The van der Waals surface area contributed by atoms with Crippen LogP contribution in [0.2, 0.25) is 0 Å². The zero-order valence-corrected chi connectivity index (χ0v) is 15.0. The van der Waals surface area contributed by atoms with Gasteiger partial charge in [0.15, 0.2) is 0 Å². The summed E-state index contributed by atoms with van der Waals surface area (Å²) in [5.74, 6) is -0.770. The monoisotopic (exact) mass is 351 g/mol. The number of nitrogens with zero attached hydrogens (tertiary/aromatic N) is 2. The van der Waals surface area contributed by atoms with E-state index in [4.69, 9.17) is 0 Å². The molecule has 1 N–H and O–H groups in total. The first-order valence-electron chi connectivity index (χ1n) is 8.40. The predicted octanol–water partition coefficient (Wildman–Crippen LogP) is 2.51. The second-order valence-electron chi connectivity index (χ2n) is 6.51. The molecule has 26 heavy (non-hydrogen) atoms. The maximum Gasteiger partial charge on any atom is 0.326 e. The number of hydrogen-bond acceptors (Lipinski definition) is 3. The number of imide groups is 1. The minimum atomic E-state index is -1.18. The summed E-state index contributed by atoms with van der Waals surface area (Å²) in [6, 6.07) is 16.6. The molecule has 0 spiro atoms. The summed E-state index contributed by atoms with van der Waals surface area (Å²) in [4.78, 5) is 40.8. The van der Waals surface area contributed by atoms with Gasteiger partial charge in [0.2, 0.25) is 5.91 Å². The van der Waals surface area contributed by atoms with Gasteiger partial charge in [-0.05, 0) is 31.5 Å². The molecule has 2 aromatic carbocycles. The summed E-state index contributed by atoms with van der Waals surface area (Å²) in [6.45, 7) is 3.22. The van der Waals surface area contributed by atoms with Crippen molar-refractivity contribution in [1.29, 1.82) is 0 Å². The molecule has 4 amide bonds. The number of nitrogens with one attached hydrogen (secondary N) is 1. The molecule has 1 fully saturated rings. The third kappa shape index (κ3) is 2.83. The molecular weight excluding hydrogens is 330 g/mol. The maximum absolute atomic E-state index is 13.0. The molecular formula is C20H21N3O3. The predicted molar refractivity (Wildman–Crippen MR) is 98.5 cm³/mol. The van der Waals surface area contributed by atoms with E-state index in [-0.39, 0.29) is 5.91 Å². The molecule has 1 aliphatic rings. The average Bonchev–Trinajstić information content (AvgIpc) is 2.91. The number of urea groups is 1. The number of hydrogen-bond donors (Lipinski definition) is 1. The molecule has 3 rings (SSSR count). The fourth-order valence-electron chi connectivity index (χ4n) is 3.15. The topological polar surface area (TPSA) is 69.7 Å². The molecule has 1 aliphatic heterocycles. The van der Waals surface area contributed by atoms with Crippen molar-refractivity contribution in [3.8, 4) is 0 Å².